The Bertz CT molecular complexity index is 873. The molecule has 1 aromatic carbocycles. The van der Waals surface area contributed by atoms with Crippen molar-refractivity contribution in [3.05, 3.63) is 28.2 Å². The molecule has 4 rings (SSSR count). The van der Waals surface area contributed by atoms with Crippen LogP contribution >= 0.6 is 23.2 Å². The molecule has 1 saturated carbocycles. The van der Waals surface area contributed by atoms with Crippen LogP contribution in [0.25, 0.3) is 0 Å². The molecule has 2 saturated heterocycles. The maximum Gasteiger partial charge on any atom is 0.408 e. The Morgan fingerprint density at radius 2 is 1.61 bits per heavy atom. The van der Waals surface area contributed by atoms with Gasteiger partial charge in [0.2, 0.25) is 5.91 Å². The molecule has 1 aromatic rings. The second-order valence-corrected chi connectivity index (χ2v) is 8.90. The first-order valence-corrected chi connectivity index (χ1v) is 11.1. The minimum absolute atomic E-state index is 0.183. The lowest BCUT2D eigenvalue weighted by atomic mass is 10.1. The summed E-state index contributed by atoms with van der Waals surface area (Å²) in [5, 5.41) is 13.1. The van der Waals surface area contributed by atoms with Gasteiger partial charge in [-0.2, -0.15) is 0 Å². The van der Waals surface area contributed by atoms with E-state index in [0.717, 1.165) is 12.8 Å². The molecule has 2 N–H and O–H groups in total. The third kappa shape index (κ3) is 4.99. The van der Waals surface area contributed by atoms with Crippen molar-refractivity contribution < 1.29 is 19.5 Å². The largest absolute Gasteiger partial charge is 0.465 e. The second-order valence-electron chi connectivity index (χ2n) is 8.09. The Labute approximate surface area is 190 Å². The number of carbonyl (C=O) groups excluding carboxylic acids is 2. The molecule has 0 radical (unpaired) electrons. The lowest BCUT2D eigenvalue weighted by Crippen LogP contribution is -2.63. The van der Waals surface area contributed by atoms with Crippen molar-refractivity contribution in [3.63, 3.8) is 0 Å². The molecule has 3 aliphatic rings. The molecule has 4 amide bonds. The summed E-state index contributed by atoms with van der Waals surface area (Å²) < 4.78 is 0. The zero-order valence-corrected chi connectivity index (χ0v) is 18.5. The van der Waals surface area contributed by atoms with Gasteiger partial charge in [0.25, 0.3) is 0 Å². The van der Waals surface area contributed by atoms with Crippen LogP contribution in [-0.4, -0.2) is 101 Å². The number of nitrogens with zero attached hydrogens (tertiary/aromatic N) is 4. The number of piperazine rings is 2. The molecule has 9 nitrogen and oxygen atoms in total. The highest BCUT2D eigenvalue weighted by Gasteiger charge is 2.42. The van der Waals surface area contributed by atoms with Gasteiger partial charge < -0.3 is 20.2 Å². The van der Waals surface area contributed by atoms with Crippen molar-refractivity contribution in [1.29, 1.82) is 0 Å². The number of carboxylic acid groups (broad SMARTS) is 1. The van der Waals surface area contributed by atoms with E-state index in [2.05, 4.69) is 10.2 Å². The van der Waals surface area contributed by atoms with Crippen molar-refractivity contribution in [2.75, 3.05) is 51.1 Å². The Balaban J connectivity index is 1.33. The predicted molar refractivity (Wildman–Crippen MR) is 117 cm³/mol. The molecule has 3 fully saturated rings. The highest BCUT2D eigenvalue weighted by molar-refractivity contribution is 6.42. The summed E-state index contributed by atoms with van der Waals surface area (Å²) >= 11 is 11.9. The number of anilines is 1. The number of carbonyl (C=O) groups is 3. The Morgan fingerprint density at radius 3 is 2.23 bits per heavy atom. The molecule has 11 heteroatoms. The molecule has 0 bridgehead atoms. The van der Waals surface area contributed by atoms with E-state index in [0.29, 0.717) is 67.6 Å². The Morgan fingerprint density at radius 1 is 0.935 bits per heavy atom. The lowest BCUT2D eigenvalue weighted by molar-refractivity contribution is -0.140. The van der Waals surface area contributed by atoms with Gasteiger partial charge in [-0.1, -0.05) is 23.2 Å². The van der Waals surface area contributed by atoms with Crippen molar-refractivity contribution in [3.8, 4) is 0 Å². The van der Waals surface area contributed by atoms with Crippen LogP contribution in [-0.2, 0) is 4.79 Å². The topological polar surface area (TPSA) is 96.4 Å². The van der Waals surface area contributed by atoms with Crippen LogP contribution in [0.5, 0.6) is 0 Å². The van der Waals surface area contributed by atoms with Crippen LogP contribution in [0.2, 0.25) is 10.0 Å². The highest BCUT2D eigenvalue weighted by atomic mass is 35.5. The van der Waals surface area contributed by atoms with E-state index in [1.165, 1.54) is 4.90 Å². The average molecular weight is 470 g/mol. The van der Waals surface area contributed by atoms with Crippen molar-refractivity contribution in [2.45, 2.75) is 24.9 Å². The number of hydrogen-bond donors (Lipinski definition) is 2. The summed E-state index contributed by atoms with van der Waals surface area (Å²) in [7, 11) is 0. The van der Waals surface area contributed by atoms with Gasteiger partial charge in [0.05, 0.1) is 10.0 Å². The molecule has 1 aliphatic carbocycles. The number of hydrogen-bond acceptors (Lipinski definition) is 4. The van der Waals surface area contributed by atoms with E-state index in [9.17, 15) is 19.5 Å². The van der Waals surface area contributed by atoms with E-state index in [1.807, 2.05) is 0 Å². The highest BCUT2D eigenvalue weighted by Crippen LogP contribution is 2.29. The maximum absolute atomic E-state index is 13.1. The SMILES string of the molecule is O=C(Nc1ccc(Cl)c(Cl)c1)N1CCN(C(=O)C2CN(C3CC3)CCN2C(=O)O)CC1. The van der Waals surface area contributed by atoms with Crippen LogP contribution in [0.3, 0.4) is 0 Å². The molecule has 0 spiro atoms. The quantitative estimate of drug-likeness (QED) is 0.708. The molecular formula is C20H25Cl2N5O4. The van der Waals surface area contributed by atoms with Crippen LogP contribution < -0.4 is 5.32 Å². The number of nitrogens with one attached hydrogen (secondary N) is 1. The first-order valence-electron chi connectivity index (χ1n) is 10.4. The summed E-state index contributed by atoms with van der Waals surface area (Å²) in [6.07, 6.45) is 1.16. The molecule has 2 aliphatic heterocycles. The lowest BCUT2D eigenvalue weighted by Gasteiger charge is -2.43. The monoisotopic (exact) mass is 469 g/mol. The summed E-state index contributed by atoms with van der Waals surface area (Å²) in [4.78, 5) is 44.1. The third-order valence-corrected chi connectivity index (χ3v) is 6.79. The van der Waals surface area contributed by atoms with E-state index in [4.69, 9.17) is 23.2 Å². The fraction of sp³-hybridized carbons (Fsp3) is 0.550. The number of rotatable bonds is 3. The molecule has 2 heterocycles. The summed E-state index contributed by atoms with van der Waals surface area (Å²) in [6.45, 7) is 2.91. The van der Waals surface area contributed by atoms with E-state index < -0.39 is 12.1 Å². The fourth-order valence-corrected chi connectivity index (χ4v) is 4.43. The predicted octanol–water partition coefficient (Wildman–Crippen LogP) is 2.50. The van der Waals surface area contributed by atoms with Crippen LogP contribution in [0.1, 0.15) is 12.8 Å². The van der Waals surface area contributed by atoms with Crippen LogP contribution in [0.15, 0.2) is 18.2 Å². The number of urea groups is 1. The Hall–Kier alpha value is -2.23. The van der Waals surface area contributed by atoms with Gasteiger partial charge in [0.15, 0.2) is 0 Å². The van der Waals surface area contributed by atoms with Gasteiger partial charge in [-0.15, -0.1) is 0 Å². The molecule has 1 unspecified atom stereocenters. The molecule has 168 valence electrons. The summed E-state index contributed by atoms with van der Waals surface area (Å²) in [6, 6.07) is 4.36. The Kier molecular flexibility index (Phi) is 6.45. The van der Waals surface area contributed by atoms with Gasteiger partial charge in [-0.25, -0.2) is 9.59 Å². The van der Waals surface area contributed by atoms with Gasteiger partial charge in [0, 0.05) is 57.5 Å². The van der Waals surface area contributed by atoms with Gasteiger partial charge in [0.1, 0.15) is 6.04 Å². The van der Waals surface area contributed by atoms with Crippen molar-refractivity contribution in [2.24, 2.45) is 0 Å². The van der Waals surface area contributed by atoms with Crippen molar-refractivity contribution in [1.82, 2.24) is 19.6 Å². The minimum atomic E-state index is -1.06. The maximum atomic E-state index is 13.1. The van der Waals surface area contributed by atoms with Crippen LogP contribution in [0.4, 0.5) is 15.3 Å². The molecular weight excluding hydrogens is 445 g/mol. The summed E-state index contributed by atoms with van der Waals surface area (Å²) in [5.41, 5.74) is 0.539. The van der Waals surface area contributed by atoms with Gasteiger partial charge >= 0.3 is 12.1 Å². The molecule has 0 aromatic heterocycles. The van der Waals surface area contributed by atoms with E-state index >= 15 is 0 Å². The van der Waals surface area contributed by atoms with E-state index in [1.54, 1.807) is 28.0 Å². The molecule has 31 heavy (non-hydrogen) atoms. The zero-order chi connectivity index (χ0) is 22.1. The first kappa shape index (κ1) is 22.0. The second kappa shape index (κ2) is 9.10. The standard InChI is InChI=1S/C20H25Cl2N5O4/c21-15-4-1-13(11-16(15)22)23-19(29)25-7-5-24(6-8-25)18(28)17-12-26(14-2-3-14)9-10-27(17)20(30)31/h1,4,11,14,17H,2-3,5-10,12H2,(H,23,29)(H,30,31). The summed E-state index contributed by atoms with van der Waals surface area (Å²) in [5.74, 6) is -0.183. The number of halogens is 2. The normalized spacial score (nSPS) is 22.4. The number of amides is 4. The van der Waals surface area contributed by atoms with Crippen molar-refractivity contribution >= 4 is 46.9 Å². The number of benzene rings is 1. The van der Waals surface area contributed by atoms with Gasteiger partial charge in [-0.3, -0.25) is 14.6 Å². The molecule has 1 atom stereocenters. The first-order chi connectivity index (χ1) is 14.8. The van der Waals surface area contributed by atoms with Crippen LogP contribution in [0, 0.1) is 0 Å². The fourth-order valence-electron chi connectivity index (χ4n) is 4.13. The zero-order valence-electron chi connectivity index (χ0n) is 17.0. The van der Waals surface area contributed by atoms with E-state index in [-0.39, 0.29) is 11.9 Å². The third-order valence-electron chi connectivity index (χ3n) is 6.06. The smallest absolute Gasteiger partial charge is 0.408 e. The minimum Gasteiger partial charge on any atom is -0.465 e. The van der Waals surface area contributed by atoms with Gasteiger partial charge in [-0.05, 0) is 31.0 Å². The average Bonchev–Trinajstić information content (AvgIpc) is 3.61.